The van der Waals surface area contributed by atoms with Crippen LogP contribution in [0.3, 0.4) is 0 Å². The minimum Gasteiger partial charge on any atom is -0.480 e. The van der Waals surface area contributed by atoms with Crippen molar-refractivity contribution in [2.45, 2.75) is 39.2 Å². The zero-order chi connectivity index (χ0) is 14.0. The van der Waals surface area contributed by atoms with Crippen LogP contribution >= 0.6 is 0 Å². The molecule has 1 aromatic rings. The lowest BCUT2D eigenvalue weighted by molar-refractivity contribution is -0.145. The highest BCUT2D eigenvalue weighted by Gasteiger charge is 2.38. The van der Waals surface area contributed by atoms with Gasteiger partial charge in [-0.3, -0.25) is 4.79 Å². The molecule has 2 unspecified atom stereocenters. The molecule has 1 N–H and O–H groups in total. The molecule has 19 heavy (non-hydrogen) atoms. The largest absolute Gasteiger partial charge is 0.480 e. The lowest BCUT2D eigenvalue weighted by Crippen LogP contribution is -2.51. The number of hydrogen-bond acceptors (Lipinski definition) is 3. The van der Waals surface area contributed by atoms with E-state index >= 15 is 0 Å². The summed E-state index contributed by atoms with van der Waals surface area (Å²) in [5.41, 5.74) is 0. The molecule has 1 fully saturated rings. The molecule has 1 aliphatic rings. The highest BCUT2D eigenvalue weighted by molar-refractivity contribution is 5.94. The van der Waals surface area contributed by atoms with Gasteiger partial charge in [-0.15, -0.1) is 0 Å². The predicted octanol–water partition coefficient (Wildman–Crippen LogP) is 2.17. The Kier molecular flexibility index (Phi) is 3.93. The number of likely N-dealkylation sites (tertiary alicyclic amines) is 1. The van der Waals surface area contributed by atoms with Crippen LogP contribution in [-0.2, 0) is 11.2 Å². The van der Waals surface area contributed by atoms with Crippen LogP contribution in [0, 0.1) is 5.92 Å². The summed E-state index contributed by atoms with van der Waals surface area (Å²) in [5.74, 6) is -0.324. The van der Waals surface area contributed by atoms with Gasteiger partial charge >= 0.3 is 5.97 Å². The van der Waals surface area contributed by atoms with E-state index in [2.05, 4.69) is 0 Å². The second kappa shape index (κ2) is 5.47. The number of aliphatic carboxylic acids is 1. The molecule has 104 valence electrons. The van der Waals surface area contributed by atoms with Crippen molar-refractivity contribution in [2.75, 3.05) is 6.54 Å². The third-order valence-corrected chi connectivity index (χ3v) is 3.67. The average Bonchev–Trinajstić information content (AvgIpc) is 2.85. The van der Waals surface area contributed by atoms with Crippen molar-refractivity contribution in [3.05, 3.63) is 23.7 Å². The zero-order valence-electron chi connectivity index (χ0n) is 11.3. The van der Waals surface area contributed by atoms with Crippen molar-refractivity contribution in [3.63, 3.8) is 0 Å². The first-order chi connectivity index (χ1) is 9.04. The van der Waals surface area contributed by atoms with Crippen LogP contribution in [0.5, 0.6) is 0 Å². The number of furan rings is 1. The zero-order valence-corrected chi connectivity index (χ0v) is 11.3. The van der Waals surface area contributed by atoms with E-state index < -0.39 is 12.0 Å². The standard InChI is InChI=1S/C14H19NO4/c1-3-10-6-7-11(19-10)13(16)15-8-4-5-9(2)12(15)14(17)18/h6-7,9,12H,3-5,8H2,1-2H3,(H,17,18). The smallest absolute Gasteiger partial charge is 0.326 e. The van der Waals surface area contributed by atoms with Crippen molar-refractivity contribution in [3.8, 4) is 0 Å². The quantitative estimate of drug-likeness (QED) is 0.909. The van der Waals surface area contributed by atoms with Crippen LogP contribution < -0.4 is 0 Å². The monoisotopic (exact) mass is 265 g/mol. The van der Waals surface area contributed by atoms with E-state index in [9.17, 15) is 14.7 Å². The topological polar surface area (TPSA) is 70.8 Å². The second-order valence-electron chi connectivity index (χ2n) is 5.02. The molecular formula is C14H19NO4. The summed E-state index contributed by atoms with van der Waals surface area (Å²) < 4.78 is 5.43. The molecule has 0 aliphatic carbocycles. The molecule has 1 saturated heterocycles. The molecular weight excluding hydrogens is 246 g/mol. The highest BCUT2D eigenvalue weighted by atomic mass is 16.4. The lowest BCUT2D eigenvalue weighted by atomic mass is 9.90. The normalized spacial score (nSPS) is 23.4. The van der Waals surface area contributed by atoms with E-state index in [1.807, 2.05) is 13.8 Å². The Bertz CT molecular complexity index is 480. The van der Waals surface area contributed by atoms with Gasteiger partial charge in [0.2, 0.25) is 0 Å². The molecule has 0 saturated carbocycles. The molecule has 2 rings (SSSR count). The fourth-order valence-electron chi connectivity index (χ4n) is 2.62. The number of hydrogen-bond donors (Lipinski definition) is 1. The number of carbonyl (C=O) groups is 2. The summed E-state index contributed by atoms with van der Waals surface area (Å²) in [6, 6.07) is 2.63. The van der Waals surface area contributed by atoms with Crippen LogP contribution in [0.4, 0.5) is 0 Å². The van der Waals surface area contributed by atoms with Crippen molar-refractivity contribution < 1.29 is 19.1 Å². The number of amides is 1. The molecule has 2 heterocycles. The first-order valence-corrected chi connectivity index (χ1v) is 6.67. The highest BCUT2D eigenvalue weighted by Crippen LogP contribution is 2.25. The molecule has 1 amide bonds. The third-order valence-electron chi connectivity index (χ3n) is 3.67. The summed E-state index contributed by atoms with van der Waals surface area (Å²) in [7, 11) is 0. The number of carboxylic acid groups (broad SMARTS) is 1. The third kappa shape index (κ3) is 2.64. The van der Waals surface area contributed by atoms with Gasteiger partial charge in [0.1, 0.15) is 11.8 Å². The number of carbonyl (C=O) groups excluding carboxylic acids is 1. The molecule has 1 aliphatic heterocycles. The van der Waals surface area contributed by atoms with Crippen molar-refractivity contribution in [1.82, 2.24) is 4.90 Å². The van der Waals surface area contributed by atoms with Crippen LogP contribution in [0.2, 0.25) is 0 Å². The number of piperidine rings is 1. The summed E-state index contributed by atoms with van der Waals surface area (Å²) in [6.45, 7) is 4.29. The first kappa shape index (κ1) is 13.6. The van der Waals surface area contributed by atoms with E-state index in [1.54, 1.807) is 12.1 Å². The number of aryl methyl sites for hydroxylation is 1. The Morgan fingerprint density at radius 1 is 1.47 bits per heavy atom. The second-order valence-corrected chi connectivity index (χ2v) is 5.02. The molecule has 5 heteroatoms. The Hall–Kier alpha value is -1.78. The van der Waals surface area contributed by atoms with Gasteiger partial charge in [-0.2, -0.15) is 0 Å². The minimum atomic E-state index is -0.942. The maximum absolute atomic E-state index is 12.4. The van der Waals surface area contributed by atoms with Gasteiger partial charge < -0.3 is 14.4 Å². The van der Waals surface area contributed by atoms with E-state index in [0.29, 0.717) is 13.0 Å². The fraction of sp³-hybridized carbons (Fsp3) is 0.571. The fourth-order valence-corrected chi connectivity index (χ4v) is 2.62. The molecule has 0 aromatic carbocycles. The van der Waals surface area contributed by atoms with Gasteiger partial charge in [0.15, 0.2) is 5.76 Å². The average molecular weight is 265 g/mol. The van der Waals surface area contributed by atoms with Gasteiger partial charge in [-0.05, 0) is 30.9 Å². The van der Waals surface area contributed by atoms with E-state index in [4.69, 9.17) is 4.42 Å². The van der Waals surface area contributed by atoms with Crippen LogP contribution in [0.15, 0.2) is 16.5 Å². The van der Waals surface area contributed by atoms with Crippen LogP contribution in [0.1, 0.15) is 43.0 Å². The van der Waals surface area contributed by atoms with Crippen LogP contribution in [-0.4, -0.2) is 34.5 Å². The van der Waals surface area contributed by atoms with E-state index in [-0.39, 0.29) is 17.6 Å². The van der Waals surface area contributed by atoms with Gasteiger partial charge in [0.25, 0.3) is 5.91 Å². The number of nitrogens with zero attached hydrogens (tertiary/aromatic N) is 1. The summed E-state index contributed by atoms with van der Waals surface area (Å²) in [6.07, 6.45) is 2.38. The maximum atomic E-state index is 12.4. The van der Waals surface area contributed by atoms with Gasteiger partial charge in [-0.1, -0.05) is 13.8 Å². The Balaban J connectivity index is 2.22. The van der Waals surface area contributed by atoms with Gasteiger partial charge in [-0.25, -0.2) is 4.79 Å². The summed E-state index contributed by atoms with van der Waals surface area (Å²) >= 11 is 0. The molecule has 0 bridgehead atoms. The first-order valence-electron chi connectivity index (χ1n) is 6.67. The van der Waals surface area contributed by atoms with E-state index in [0.717, 1.165) is 18.6 Å². The molecule has 1 aromatic heterocycles. The van der Waals surface area contributed by atoms with Crippen molar-refractivity contribution in [1.29, 1.82) is 0 Å². The van der Waals surface area contributed by atoms with E-state index in [1.165, 1.54) is 4.90 Å². The molecule has 2 atom stereocenters. The van der Waals surface area contributed by atoms with Crippen LogP contribution in [0.25, 0.3) is 0 Å². The number of carboxylic acids is 1. The van der Waals surface area contributed by atoms with Crippen molar-refractivity contribution >= 4 is 11.9 Å². The summed E-state index contributed by atoms with van der Waals surface area (Å²) in [5, 5.41) is 9.30. The number of rotatable bonds is 3. The Labute approximate surface area is 112 Å². The Morgan fingerprint density at radius 3 is 2.79 bits per heavy atom. The molecule has 5 nitrogen and oxygen atoms in total. The molecule has 0 radical (unpaired) electrons. The molecule has 0 spiro atoms. The lowest BCUT2D eigenvalue weighted by Gasteiger charge is -2.36. The predicted molar refractivity (Wildman–Crippen MR) is 68.9 cm³/mol. The van der Waals surface area contributed by atoms with Crippen molar-refractivity contribution in [2.24, 2.45) is 5.92 Å². The van der Waals surface area contributed by atoms with Gasteiger partial charge in [0, 0.05) is 13.0 Å². The van der Waals surface area contributed by atoms with Gasteiger partial charge in [0.05, 0.1) is 0 Å². The summed E-state index contributed by atoms with van der Waals surface area (Å²) in [4.78, 5) is 25.1. The minimum absolute atomic E-state index is 0.0317. The maximum Gasteiger partial charge on any atom is 0.326 e. The Morgan fingerprint density at radius 2 is 2.21 bits per heavy atom. The SMILES string of the molecule is CCc1ccc(C(=O)N2CCCC(C)C2C(=O)O)o1.